The number of carbonyl (C=O) groups is 1. The first-order chi connectivity index (χ1) is 12.7. The Balaban J connectivity index is 1.55. The van der Waals surface area contributed by atoms with Gasteiger partial charge in [0.1, 0.15) is 18.1 Å². The first-order valence-electron chi connectivity index (χ1n) is 8.37. The number of ether oxygens (including phenoxy) is 1. The number of nitrogens with zero attached hydrogens (tertiary/aromatic N) is 4. The number of aryl methyl sites for hydroxylation is 1. The van der Waals surface area contributed by atoms with Crippen LogP contribution in [0.2, 0.25) is 0 Å². The Hall–Kier alpha value is -2.80. The summed E-state index contributed by atoms with van der Waals surface area (Å²) >= 11 is 1.36. The Morgan fingerprint density at radius 1 is 1.23 bits per heavy atom. The van der Waals surface area contributed by atoms with Crippen LogP contribution in [0.4, 0.5) is 0 Å². The molecule has 0 spiro atoms. The number of carbonyl (C=O) groups excluding carboxylic acids is 1. The fraction of sp³-hybridized carbons (Fsp3) is 0.263. The number of thiazole rings is 1. The van der Waals surface area contributed by atoms with Crippen LogP contribution in [0, 0.1) is 0 Å². The molecule has 1 aromatic carbocycles. The van der Waals surface area contributed by atoms with Gasteiger partial charge in [-0.25, -0.2) is 15.0 Å². The first kappa shape index (κ1) is 18.0. The number of benzene rings is 1. The van der Waals surface area contributed by atoms with Crippen LogP contribution in [0.15, 0.2) is 48.1 Å². The quantitative estimate of drug-likeness (QED) is 0.640. The van der Waals surface area contributed by atoms with Gasteiger partial charge in [-0.05, 0) is 30.2 Å². The van der Waals surface area contributed by atoms with Gasteiger partial charge < -0.3 is 9.64 Å². The zero-order valence-corrected chi connectivity index (χ0v) is 15.6. The number of amides is 1. The second kappa shape index (κ2) is 8.53. The molecule has 0 radical (unpaired) electrons. The van der Waals surface area contributed by atoms with E-state index in [-0.39, 0.29) is 5.91 Å². The van der Waals surface area contributed by atoms with Crippen molar-refractivity contribution in [2.75, 3.05) is 20.2 Å². The van der Waals surface area contributed by atoms with E-state index in [0.717, 1.165) is 12.2 Å². The smallest absolute Gasteiger partial charge is 0.273 e. The minimum Gasteiger partial charge on any atom is -0.492 e. The molecule has 0 bridgehead atoms. The van der Waals surface area contributed by atoms with E-state index in [4.69, 9.17) is 4.74 Å². The van der Waals surface area contributed by atoms with Crippen molar-refractivity contribution in [3.63, 3.8) is 0 Å². The average molecular weight is 368 g/mol. The number of likely N-dealkylation sites (N-methyl/N-ethyl adjacent to an activating group) is 1. The van der Waals surface area contributed by atoms with E-state index in [1.165, 1.54) is 16.9 Å². The zero-order chi connectivity index (χ0) is 18.4. The molecule has 0 fully saturated rings. The molecular formula is C19H20N4O2S. The number of hydrogen-bond acceptors (Lipinski definition) is 6. The molecule has 3 aromatic rings. The normalized spacial score (nSPS) is 10.5. The highest BCUT2D eigenvalue weighted by atomic mass is 32.1. The van der Waals surface area contributed by atoms with Gasteiger partial charge in [-0.2, -0.15) is 0 Å². The van der Waals surface area contributed by atoms with Crippen molar-refractivity contribution in [1.82, 2.24) is 19.9 Å². The summed E-state index contributed by atoms with van der Waals surface area (Å²) in [6, 6.07) is 9.74. The molecule has 3 rings (SSSR count). The Labute approximate surface area is 156 Å². The second-order valence-corrected chi connectivity index (χ2v) is 6.54. The van der Waals surface area contributed by atoms with Gasteiger partial charge in [0.15, 0.2) is 10.8 Å². The van der Waals surface area contributed by atoms with E-state index in [1.54, 1.807) is 35.8 Å². The van der Waals surface area contributed by atoms with Crippen molar-refractivity contribution >= 4 is 17.2 Å². The maximum atomic E-state index is 12.5. The average Bonchev–Trinajstić information content (AvgIpc) is 3.18. The van der Waals surface area contributed by atoms with E-state index in [9.17, 15) is 4.79 Å². The molecule has 0 aliphatic carbocycles. The molecular weight excluding hydrogens is 348 g/mol. The predicted octanol–water partition coefficient (Wildman–Crippen LogP) is 3.31. The monoisotopic (exact) mass is 368 g/mol. The van der Waals surface area contributed by atoms with E-state index < -0.39 is 0 Å². The van der Waals surface area contributed by atoms with Crippen LogP contribution in [0.1, 0.15) is 23.0 Å². The minimum atomic E-state index is -0.144. The molecule has 0 atom stereocenters. The lowest BCUT2D eigenvalue weighted by Gasteiger charge is -2.16. The molecule has 6 nitrogen and oxygen atoms in total. The van der Waals surface area contributed by atoms with Crippen LogP contribution in [-0.2, 0) is 6.42 Å². The fourth-order valence-corrected chi connectivity index (χ4v) is 3.08. The van der Waals surface area contributed by atoms with Crippen molar-refractivity contribution in [3.8, 4) is 16.6 Å². The lowest BCUT2D eigenvalue weighted by atomic mass is 10.2. The summed E-state index contributed by atoms with van der Waals surface area (Å²) in [5, 5.41) is 2.37. The van der Waals surface area contributed by atoms with Crippen molar-refractivity contribution in [2.45, 2.75) is 13.3 Å². The number of hydrogen-bond donors (Lipinski definition) is 0. The summed E-state index contributed by atoms with van der Waals surface area (Å²) in [7, 11) is 1.74. The van der Waals surface area contributed by atoms with Crippen LogP contribution < -0.4 is 4.74 Å². The molecule has 1 amide bonds. The van der Waals surface area contributed by atoms with Crippen LogP contribution in [0.5, 0.6) is 5.75 Å². The number of rotatable bonds is 7. The van der Waals surface area contributed by atoms with Crippen molar-refractivity contribution < 1.29 is 9.53 Å². The summed E-state index contributed by atoms with van der Waals surface area (Å²) < 4.78 is 5.75. The highest BCUT2D eigenvalue weighted by Crippen LogP contribution is 2.20. The molecule has 0 saturated heterocycles. The summed E-state index contributed by atoms with van der Waals surface area (Å²) in [6.45, 7) is 3.01. The highest BCUT2D eigenvalue weighted by Gasteiger charge is 2.17. The molecule has 2 aromatic heterocycles. The fourth-order valence-electron chi connectivity index (χ4n) is 2.34. The summed E-state index contributed by atoms with van der Waals surface area (Å²) in [5.74, 6) is 1.20. The lowest BCUT2D eigenvalue weighted by molar-refractivity contribution is 0.0769. The molecule has 134 valence electrons. The molecule has 2 heterocycles. The van der Waals surface area contributed by atoms with Gasteiger partial charge >= 0.3 is 0 Å². The lowest BCUT2D eigenvalue weighted by Crippen LogP contribution is -2.31. The predicted molar refractivity (Wildman–Crippen MR) is 101 cm³/mol. The molecule has 7 heteroatoms. The third kappa shape index (κ3) is 4.43. The maximum absolute atomic E-state index is 12.5. The summed E-state index contributed by atoms with van der Waals surface area (Å²) in [4.78, 5) is 26.8. The minimum absolute atomic E-state index is 0.144. The summed E-state index contributed by atoms with van der Waals surface area (Å²) in [6.07, 6.45) is 4.28. The van der Waals surface area contributed by atoms with Crippen LogP contribution in [0.25, 0.3) is 10.8 Å². The topological polar surface area (TPSA) is 68.2 Å². The SMILES string of the molecule is CCc1cccc(OCCN(C)C(=O)c2csc(-c3ncccn3)n2)c1. The Morgan fingerprint density at radius 3 is 2.81 bits per heavy atom. The largest absolute Gasteiger partial charge is 0.492 e. The van der Waals surface area contributed by atoms with E-state index >= 15 is 0 Å². The Bertz CT molecular complexity index is 867. The van der Waals surface area contributed by atoms with Crippen LogP contribution in [0.3, 0.4) is 0 Å². The Morgan fingerprint density at radius 2 is 2.04 bits per heavy atom. The van der Waals surface area contributed by atoms with Crippen molar-refractivity contribution in [3.05, 3.63) is 59.4 Å². The van der Waals surface area contributed by atoms with Crippen molar-refractivity contribution in [1.29, 1.82) is 0 Å². The molecule has 0 aliphatic rings. The van der Waals surface area contributed by atoms with Gasteiger partial charge in [0.25, 0.3) is 5.91 Å². The van der Waals surface area contributed by atoms with Gasteiger partial charge in [0.2, 0.25) is 0 Å². The molecule has 0 unspecified atom stereocenters. The zero-order valence-electron chi connectivity index (χ0n) is 14.8. The van der Waals surface area contributed by atoms with Gasteiger partial charge in [-0.15, -0.1) is 11.3 Å². The molecule has 0 aliphatic heterocycles. The van der Waals surface area contributed by atoms with Gasteiger partial charge in [0, 0.05) is 24.8 Å². The highest BCUT2D eigenvalue weighted by molar-refractivity contribution is 7.13. The van der Waals surface area contributed by atoms with Crippen LogP contribution >= 0.6 is 11.3 Å². The summed E-state index contributed by atoms with van der Waals surface area (Å²) in [5.41, 5.74) is 1.62. The van der Waals surface area contributed by atoms with E-state index in [0.29, 0.717) is 29.7 Å². The van der Waals surface area contributed by atoms with E-state index in [1.807, 2.05) is 18.2 Å². The third-order valence-corrected chi connectivity index (χ3v) is 4.67. The standard InChI is InChI=1S/C19H20N4O2S/c1-3-14-6-4-7-15(12-14)25-11-10-23(2)19(24)16-13-26-18(22-16)17-20-8-5-9-21-17/h4-9,12-13H,3,10-11H2,1-2H3. The first-order valence-corrected chi connectivity index (χ1v) is 9.25. The molecule has 0 N–H and O–H groups in total. The molecule has 0 saturated carbocycles. The molecule has 26 heavy (non-hydrogen) atoms. The van der Waals surface area contributed by atoms with Gasteiger partial charge in [-0.3, -0.25) is 4.79 Å². The van der Waals surface area contributed by atoms with Crippen molar-refractivity contribution in [2.24, 2.45) is 0 Å². The number of aromatic nitrogens is 3. The van der Waals surface area contributed by atoms with E-state index in [2.05, 4.69) is 27.9 Å². The Kier molecular flexibility index (Phi) is 5.91. The second-order valence-electron chi connectivity index (χ2n) is 5.69. The van der Waals surface area contributed by atoms with Crippen LogP contribution in [-0.4, -0.2) is 46.0 Å². The third-order valence-electron chi connectivity index (χ3n) is 3.83. The van der Waals surface area contributed by atoms with Gasteiger partial charge in [0.05, 0.1) is 6.54 Å². The van der Waals surface area contributed by atoms with Gasteiger partial charge in [-0.1, -0.05) is 19.1 Å². The maximum Gasteiger partial charge on any atom is 0.273 e.